The first kappa shape index (κ1) is 33.9. The second-order valence-corrected chi connectivity index (χ2v) is 13.4. The zero-order valence-corrected chi connectivity index (χ0v) is 28.1. The predicted octanol–water partition coefficient (Wildman–Crippen LogP) is 6.68. The van der Waals surface area contributed by atoms with Crippen LogP contribution in [0.4, 0.5) is 5.69 Å². The number of para-hydroxylation sites is 1. The van der Waals surface area contributed by atoms with E-state index in [0.29, 0.717) is 11.5 Å². The van der Waals surface area contributed by atoms with Crippen LogP contribution in [0.5, 0.6) is 11.5 Å². The molecule has 0 aromatic heterocycles. The molecule has 48 heavy (non-hydrogen) atoms. The summed E-state index contributed by atoms with van der Waals surface area (Å²) in [7, 11) is -2.69. The molecule has 0 saturated heterocycles. The van der Waals surface area contributed by atoms with Crippen molar-refractivity contribution in [2.24, 2.45) is 0 Å². The van der Waals surface area contributed by atoms with Crippen LogP contribution in [0.25, 0.3) is 0 Å². The number of hydrogen-bond acceptors (Lipinski definition) is 5. The van der Waals surface area contributed by atoms with E-state index < -0.39 is 28.5 Å². The molecular formula is C39H39N3O5S. The van der Waals surface area contributed by atoms with Crippen molar-refractivity contribution < 1.29 is 22.7 Å². The fourth-order valence-electron chi connectivity index (χ4n) is 5.40. The Bertz CT molecular complexity index is 1930. The first-order valence-corrected chi connectivity index (χ1v) is 17.1. The van der Waals surface area contributed by atoms with Crippen LogP contribution in [0.3, 0.4) is 0 Å². The van der Waals surface area contributed by atoms with Crippen molar-refractivity contribution in [2.45, 2.75) is 37.8 Å². The van der Waals surface area contributed by atoms with Crippen LogP contribution in [-0.2, 0) is 32.6 Å². The topological polar surface area (TPSA) is 96.0 Å². The Balaban J connectivity index is 1.54. The molecule has 8 nitrogen and oxygen atoms in total. The first-order valence-electron chi connectivity index (χ1n) is 15.7. The molecule has 0 spiro atoms. The van der Waals surface area contributed by atoms with Crippen molar-refractivity contribution in [1.82, 2.24) is 10.2 Å². The lowest BCUT2D eigenvalue weighted by atomic mass is 10.0. The zero-order chi connectivity index (χ0) is 34.1. The maximum atomic E-state index is 14.5. The highest BCUT2D eigenvalue weighted by Crippen LogP contribution is 2.29. The fourth-order valence-corrected chi connectivity index (χ4v) is 6.81. The van der Waals surface area contributed by atoms with Gasteiger partial charge in [0.05, 0.1) is 10.6 Å². The lowest BCUT2D eigenvalue weighted by molar-refractivity contribution is -0.139. The summed E-state index contributed by atoms with van der Waals surface area (Å²) >= 11 is 0. The van der Waals surface area contributed by atoms with Gasteiger partial charge in [0.1, 0.15) is 24.1 Å². The summed E-state index contributed by atoms with van der Waals surface area (Å²) in [6.45, 7) is 3.39. The van der Waals surface area contributed by atoms with Crippen LogP contribution in [-0.4, -0.2) is 44.8 Å². The second kappa shape index (κ2) is 15.5. The largest absolute Gasteiger partial charge is 0.457 e. The van der Waals surface area contributed by atoms with Gasteiger partial charge in [-0.05, 0) is 73.5 Å². The molecule has 0 unspecified atom stereocenters. The van der Waals surface area contributed by atoms with Crippen LogP contribution < -0.4 is 14.4 Å². The number of amides is 2. The number of anilines is 1. The molecule has 0 bridgehead atoms. The van der Waals surface area contributed by atoms with Gasteiger partial charge in [-0.1, -0.05) is 96.1 Å². The molecule has 1 atom stereocenters. The van der Waals surface area contributed by atoms with E-state index in [1.54, 1.807) is 36.4 Å². The Labute approximate surface area is 282 Å². The SMILES string of the molecule is CNC(=O)[C@@H](Cc1ccccc1)N(Cc1cccc(C)c1)C(=O)CN(c1ccc(Oc2ccccc2)cc1)S(=O)(=O)c1ccc(C)cc1. The van der Waals surface area contributed by atoms with Gasteiger partial charge in [0.2, 0.25) is 11.8 Å². The Kier molecular flexibility index (Phi) is 10.9. The molecule has 0 heterocycles. The van der Waals surface area contributed by atoms with Gasteiger partial charge in [-0.3, -0.25) is 13.9 Å². The maximum absolute atomic E-state index is 14.5. The lowest BCUT2D eigenvalue weighted by Gasteiger charge is -2.33. The number of carbonyl (C=O) groups is 2. The number of likely N-dealkylation sites (N-methyl/N-ethyl adjacent to an activating group) is 1. The van der Waals surface area contributed by atoms with Gasteiger partial charge in [0.25, 0.3) is 10.0 Å². The molecule has 0 aliphatic rings. The monoisotopic (exact) mass is 661 g/mol. The fraction of sp³-hybridized carbons (Fsp3) is 0.179. The van der Waals surface area contributed by atoms with Crippen LogP contribution in [0.15, 0.2) is 138 Å². The molecule has 0 saturated carbocycles. The molecule has 5 rings (SSSR count). The average molecular weight is 662 g/mol. The quantitative estimate of drug-likeness (QED) is 0.152. The molecule has 5 aromatic carbocycles. The molecule has 9 heteroatoms. The van der Waals surface area contributed by atoms with E-state index >= 15 is 0 Å². The lowest BCUT2D eigenvalue weighted by Crippen LogP contribution is -2.53. The average Bonchev–Trinajstić information content (AvgIpc) is 3.10. The number of sulfonamides is 1. The first-order chi connectivity index (χ1) is 23.1. The molecule has 0 fully saturated rings. The van der Waals surface area contributed by atoms with Gasteiger partial charge in [-0.25, -0.2) is 8.42 Å². The highest BCUT2D eigenvalue weighted by Gasteiger charge is 2.34. The van der Waals surface area contributed by atoms with Crippen LogP contribution in [0, 0.1) is 13.8 Å². The molecule has 0 aliphatic carbocycles. The third-order valence-electron chi connectivity index (χ3n) is 7.94. The Morgan fingerprint density at radius 2 is 1.31 bits per heavy atom. The molecule has 0 aliphatic heterocycles. The molecule has 246 valence electrons. The van der Waals surface area contributed by atoms with E-state index in [9.17, 15) is 18.0 Å². The third-order valence-corrected chi connectivity index (χ3v) is 9.73. The number of nitrogens with zero attached hydrogens (tertiary/aromatic N) is 2. The van der Waals surface area contributed by atoms with E-state index in [0.717, 1.165) is 26.6 Å². The summed E-state index contributed by atoms with van der Waals surface area (Å²) in [5.74, 6) is 0.263. The van der Waals surface area contributed by atoms with Crippen molar-refractivity contribution in [2.75, 3.05) is 17.9 Å². The van der Waals surface area contributed by atoms with Gasteiger partial charge in [0, 0.05) is 20.0 Å². The molecule has 0 radical (unpaired) electrons. The summed E-state index contributed by atoms with van der Waals surface area (Å²) in [6, 6.07) is 38.5. The van der Waals surface area contributed by atoms with Crippen molar-refractivity contribution in [3.8, 4) is 11.5 Å². The van der Waals surface area contributed by atoms with Crippen LogP contribution in [0.1, 0.15) is 22.3 Å². The summed E-state index contributed by atoms with van der Waals surface area (Å²) in [4.78, 5) is 29.5. The number of ether oxygens (including phenoxy) is 1. The van der Waals surface area contributed by atoms with Crippen molar-refractivity contribution in [3.05, 3.63) is 156 Å². The predicted molar refractivity (Wildman–Crippen MR) is 188 cm³/mol. The van der Waals surface area contributed by atoms with Crippen molar-refractivity contribution in [1.29, 1.82) is 0 Å². The number of benzene rings is 5. The minimum absolute atomic E-state index is 0.0443. The second-order valence-electron chi connectivity index (χ2n) is 11.6. The Hall–Kier alpha value is -5.41. The Morgan fingerprint density at radius 3 is 1.94 bits per heavy atom. The zero-order valence-electron chi connectivity index (χ0n) is 27.2. The van der Waals surface area contributed by atoms with Crippen molar-refractivity contribution >= 4 is 27.5 Å². The molecule has 5 aromatic rings. The number of nitrogens with one attached hydrogen (secondary N) is 1. The van der Waals surface area contributed by atoms with Gasteiger partial charge in [0.15, 0.2) is 0 Å². The van der Waals surface area contributed by atoms with Gasteiger partial charge < -0.3 is 15.0 Å². The summed E-state index contributed by atoms with van der Waals surface area (Å²) < 4.78 is 35.6. The number of hydrogen-bond donors (Lipinski definition) is 1. The normalized spacial score (nSPS) is 11.7. The number of carbonyl (C=O) groups excluding carboxylic acids is 2. The minimum Gasteiger partial charge on any atom is -0.457 e. The summed E-state index contributed by atoms with van der Waals surface area (Å²) in [5.41, 5.74) is 3.87. The van der Waals surface area contributed by atoms with Gasteiger partial charge >= 0.3 is 0 Å². The summed E-state index contributed by atoms with van der Waals surface area (Å²) in [5, 5.41) is 2.71. The maximum Gasteiger partial charge on any atom is 0.264 e. The molecule has 2 amide bonds. The van der Waals surface area contributed by atoms with E-state index in [1.807, 2.05) is 98.8 Å². The third kappa shape index (κ3) is 8.49. The molecular weight excluding hydrogens is 623 g/mol. The number of rotatable bonds is 13. The molecule has 1 N–H and O–H groups in total. The smallest absolute Gasteiger partial charge is 0.264 e. The van der Waals surface area contributed by atoms with E-state index in [1.165, 1.54) is 24.1 Å². The van der Waals surface area contributed by atoms with E-state index in [2.05, 4.69) is 5.32 Å². The Morgan fingerprint density at radius 1 is 0.708 bits per heavy atom. The van der Waals surface area contributed by atoms with Gasteiger partial charge in [-0.15, -0.1) is 0 Å². The van der Waals surface area contributed by atoms with Crippen molar-refractivity contribution in [3.63, 3.8) is 0 Å². The highest BCUT2D eigenvalue weighted by molar-refractivity contribution is 7.92. The summed E-state index contributed by atoms with van der Waals surface area (Å²) in [6.07, 6.45) is 0.244. The van der Waals surface area contributed by atoms with E-state index in [-0.39, 0.29) is 29.5 Å². The van der Waals surface area contributed by atoms with E-state index in [4.69, 9.17) is 4.74 Å². The standard InChI is InChI=1S/C39H39N3O5S/c1-29-17-23-36(24-18-29)48(45,46)42(33-19-21-35(22-20-33)47-34-15-8-5-9-16-34)28-38(43)41(27-32-14-10-11-30(2)25-32)37(39(44)40-3)26-31-12-6-4-7-13-31/h4-25,37H,26-28H2,1-3H3,(H,40,44)/t37-/m1/s1. The van der Waals surface area contributed by atoms with Gasteiger partial charge in [-0.2, -0.15) is 0 Å². The minimum atomic E-state index is -4.22. The van der Waals surface area contributed by atoms with Crippen LogP contribution >= 0.6 is 0 Å². The highest BCUT2D eigenvalue weighted by atomic mass is 32.2. The van der Waals surface area contributed by atoms with Crippen LogP contribution in [0.2, 0.25) is 0 Å². The number of aryl methyl sites for hydroxylation is 2.